The van der Waals surface area contributed by atoms with Crippen LogP contribution in [0.1, 0.15) is 16.6 Å². The zero-order valence-electron chi connectivity index (χ0n) is 11.1. The van der Waals surface area contributed by atoms with E-state index in [9.17, 15) is 13.2 Å². The maximum Gasteiger partial charge on any atom is 0.266 e. The number of hydrogen-bond acceptors (Lipinski definition) is 4. The number of amides is 1. The van der Waals surface area contributed by atoms with Crippen LogP contribution in [0.2, 0.25) is 0 Å². The third-order valence-electron chi connectivity index (χ3n) is 2.58. The van der Waals surface area contributed by atoms with Gasteiger partial charge in [-0.15, -0.1) is 11.3 Å². The molecule has 0 aliphatic heterocycles. The molecule has 0 spiro atoms. The highest BCUT2D eigenvalue weighted by atomic mass is 79.9. The lowest BCUT2D eigenvalue weighted by Gasteiger charge is -2.11. The molecule has 1 aromatic carbocycles. The summed E-state index contributed by atoms with van der Waals surface area (Å²) in [7, 11) is -3.64. The summed E-state index contributed by atoms with van der Waals surface area (Å²) in [6.07, 6.45) is 0. The molecule has 112 valence electrons. The molecule has 0 saturated carbocycles. The first-order valence-electron chi connectivity index (χ1n) is 6.08. The Morgan fingerprint density at radius 2 is 2.00 bits per heavy atom. The van der Waals surface area contributed by atoms with Crippen LogP contribution in [-0.4, -0.2) is 20.9 Å². The molecule has 0 saturated heterocycles. The van der Waals surface area contributed by atoms with Crippen LogP contribution in [0.3, 0.4) is 0 Å². The lowest BCUT2D eigenvalue weighted by molar-refractivity contribution is 0.102. The number of nitrogens with one attached hydrogen (secondary N) is 2. The van der Waals surface area contributed by atoms with Gasteiger partial charge in [0.25, 0.3) is 5.91 Å². The zero-order chi connectivity index (χ0) is 15.5. The molecule has 0 fully saturated rings. The van der Waals surface area contributed by atoms with Gasteiger partial charge in [-0.2, -0.15) is 0 Å². The van der Waals surface area contributed by atoms with Gasteiger partial charge in [0.1, 0.15) is 9.77 Å². The first-order valence-corrected chi connectivity index (χ1v) is 9.24. The highest BCUT2D eigenvalue weighted by Crippen LogP contribution is 2.26. The van der Waals surface area contributed by atoms with Crippen LogP contribution in [0, 0.1) is 0 Å². The third kappa shape index (κ3) is 3.70. The summed E-state index contributed by atoms with van der Waals surface area (Å²) >= 11 is 4.56. The summed E-state index contributed by atoms with van der Waals surface area (Å²) in [5.41, 5.74) is 0.253. The summed E-state index contributed by atoms with van der Waals surface area (Å²) in [5.74, 6) is -0.351. The van der Waals surface area contributed by atoms with Crippen LogP contribution in [0.4, 0.5) is 5.69 Å². The maximum absolute atomic E-state index is 12.2. The van der Waals surface area contributed by atoms with E-state index in [0.29, 0.717) is 9.35 Å². The number of rotatable bonds is 5. The highest BCUT2D eigenvalue weighted by Gasteiger charge is 2.20. The molecule has 1 aromatic heterocycles. The molecule has 0 atom stereocenters. The lowest BCUT2D eigenvalue weighted by atomic mass is 10.3. The molecule has 21 heavy (non-hydrogen) atoms. The van der Waals surface area contributed by atoms with Crippen LogP contribution >= 0.6 is 27.3 Å². The van der Waals surface area contributed by atoms with Gasteiger partial charge in [0, 0.05) is 11.0 Å². The number of carbonyl (C=O) groups excluding carboxylic acids is 1. The molecule has 2 aromatic rings. The molecule has 1 amide bonds. The van der Waals surface area contributed by atoms with Gasteiger partial charge in [-0.1, -0.05) is 19.1 Å². The number of halogens is 1. The van der Waals surface area contributed by atoms with Crippen molar-refractivity contribution < 1.29 is 13.2 Å². The van der Waals surface area contributed by atoms with Crippen LogP contribution in [0.25, 0.3) is 0 Å². The zero-order valence-corrected chi connectivity index (χ0v) is 14.3. The Kier molecular flexibility index (Phi) is 5.15. The fourth-order valence-electron chi connectivity index (χ4n) is 1.71. The second kappa shape index (κ2) is 6.69. The Morgan fingerprint density at radius 1 is 1.29 bits per heavy atom. The van der Waals surface area contributed by atoms with Gasteiger partial charge in [-0.05, 0) is 39.5 Å². The Labute approximate surface area is 135 Å². The molecule has 1 heterocycles. The average molecular weight is 389 g/mol. The van der Waals surface area contributed by atoms with Crippen molar-refractivity contribution in [2.45, 2.75) is 11.8 Å². The van der Waals surface area contributed by atoms with Crippen molar-refractivity contribution in [3.8, 4) is 0 Å². The van der Waals surface area contributed by atoms with Crippen LogP contribution in [0.5, 0.6) is 0 Å². The van der Waals surface area contributed by atoms with Crippen molar-refractivity contribution in [2.75, 3.05) is 11.9 Å². The van der Waals surface area contributed by atoms with E-state index in [1.165, 1.54) is 17.4 Å². The van der Waals surface area contributed by atoms with E-state index in [-0.39, 0.29) is 23.0 Å². The van der Waals surface area contributed by atoms with Crippen LogP contribution < -0.4 is 10.0 Å². The van der Waals surface area contributed by atoms with E-state index in [2.05, 4.69) is 26.0 Å². The Balaban J connectivity index is 2.34. The summed E-state index contributed by atoms with van der Waals surface area (Å²) < 4.78 is 27.3. The molecule has 0 aliphatic rings. The maximum atomic E-state index is 12.2. The van der Waals surface area contributed by atoms with Crippen LogP contribution in [0.15, 0.2) is 45.1 Å². The molecule has 0 unspecified atom stereocenters. The van der Waals surface area contributed by atoms with Gasteiger partial charge in [-0.3, -0.25) is 4.79 Å². The van der Waals surface area contributed by atoms with Gasteiger partial charge >= 0.3 is 0 Å². The topological polar surface area (TPSA) is 75.3 Å². The van der Waals surface area contributed by atoms with Gasteiger partial charge in [0.05, 0.1) is 5.69 Å². The minimum atomic E-state index is -3.64. The normalized spacial score (nSPS) is 11.3. The Hall–Kier alpha value is -1.22. The van der Waals surface area contributed by atoms with Crippen molar-refractivity contribution in [2.24, 2.45) is 0 Å². The van der Waals surface area contributed by atoms with E-state index in [0.717, 1.165) is 0 Å². The number of benzene rings is 1. The fourth-order valence-corrected chi connectivity index (χ4v) is 4.36. The van der Waals surface area contributed by atoms with Gasteiger partial charge < -0.3 is 5.32 Å². The predicted octanol–water partition coefficient (Wildman–Crippen LogP) is 3.06. The molecule has 0 radical (unpaired) electrons. The monoisotopic (exact) mass is 388 g/mol. The largest absolute Gasteiger partial charge is 0.320 e. The van der Waals surface area contributed by atoms with E-state index >= 15 is 0 Å². The average Bonchev–Trinajstić information content (AvgIpc) is 2.85. The smallest absolute Gasteiger partial charge is 0.266 e. The lowest BCUT2D eigenvalue weighted by Crippen LogP contribution is -2.25. The number of carbonyl (C=O) groups is 1. The second-order valence-electron chi connectivity index (χ2n) is 4.05. The fraction of sp³-hybridized carbons (Fsp3) is 0.154. The summed E-state index contributed by atoms with van der Waals surface area (Å²) in [5, 5.41) is 4.42. The van der Waals surface area contributed by atoms with Crippen LogP contribution in [-0.2, 0) is 10.0 Å². The Bertz CT molecular complexity index is 756. The SMILES string of the molecule is CCNS(=O)(=O)c1ccccc1NC(=O)c1sccc1Br. The van der Waals surface area contributed by atoms with Crippen molar-refractivity contribution in [1.82, 2.24) is 4.72 Å². The first-order chi connectivity index (χ1) is 9.95. The van der Waals surface area contributed by atoms with E-state index < -0.39 is 10.0 Å². The number of hydrogen-bond donors (Lipinski definition) is 2. The summed E-state index contributed by atoms with van der Waals surface area (Å²) in [4.78, 5) is 12.7. The van der Waals surface area contributed by atoms with Crippen molar-refractivity contribution >= 4 is 48.9 Å². The quantitative estimate of drug-likeness (QED) is 0.826. The van der Waals surface area contributed by atoms with Gasteiger partial charge in [0.2, 0.25) is 10.0 Å². The predicted molar refractivity (Wildman–Crippen MR) is 87.3 cm³/mol. The molecule has 2 rings (SSSR count). The minimum Gasteiger partial charge on any atom is -0.320 e. The van der Waals surface area contributed by atoms with Crippen molar-refractivity contribution in [1.29, 1.82) is 0 Å². The number of anilines is 1. The molecule has 0 aliphatic carbocycles. The third-order valence-corrected chi connectivity index (χ3v) is 6.02. The minimum absolute atomic E-state index is 0.0490. The number of thiophene rings is 1. The molecule has 8 heteroatoms. The van der Waals surface area contributed by atoms with E-state index in [1.54, 1.807) is 36.6 Å². The molecule has 2 N–H and O–H groups in total. The van der Waals surface area contributed by atoms with Crippen molar-refractivity contribution in [3.63, 3.8) is 0 Å². The first kappa shape index (κ1) is 16.2. The van der Waals surface area contributed by atoms with E-state index in [4.69, 9.17) is 0 Å². The summed E-state index contributed by atoms with van der Waals surface area (Å²) in [6, 6.07) is 8.06. The second-order valence-corrected chi connectivity index (χ2v) is 7.56. The van der Waals surface area contributed by atoms with Crippen molar-refractivity contribution in [3.05, 3.63) is 45.1 Å². The highest BCUT2D eigenvalue weighted by molar-refractivity contribution is 9.10. The summed E-state index contributed by atoms with van der Waals surface area (Å²) in [6.45, 7) is 1.97. The molecular weight excluding hydrogens is 376 g/mol. The number of para-hydroxylation sites is 1. The molecular formula is C13H13BrN2O3S2. The standard InChI is InChI=1S/C13H13BrN2O3S2/c1-2-15-21(18,19)11-6-4-3-5-10(11)16-13(17)12-9(14)7-8-20-12/h3-8,15H,2H2,1H3,(H,16,17). The Morgan fingerprint density at radius 3 is 2.62 bits per heavy atom. The molecule has 5 nitrogen and oxygen atoms in total. The number of sulfonamides is 1. The van der Waals surface area contributed by atoms with Gasteiger partial charge in [-0.25, -0.2) is 13.1 Å². The van der Waals surface area contributed by atoms with E-state index in [1.807, 2.05) is 0 Å². The van der Waals surface area contributed by atoms with Gasteiger partial charge in [0.15, 0.2) is 0 Å². The molecule has 0 bridgehead atoms.